The van der Waals surface area contributed by atoms with Crippen LogP contribution in [0.25, 0.3) is 10.9 Å². The summed E-state index contributed by atoms with van der Waals surface area (Å²) < 4.78 is 0. The third-order valence-electron chi connectivity index (χ3n) is 2.95. The number of hydrogen-bond acceptors (Lipinski definition) is 4. The minimum Gasteiger partial charge on any atom is -0.399 e. The van der Waals surface area contributed by atoms with E-state index in [0.717, 1.165) is 16.6 Å². The van der Waals surface area contributed by atoms with Crippen LogP contribution in [0, 0.1) is 5.41 Å². The Bertz CT molecular complexity index is 552. The van der Waals surface area contributed by atoms with Crippen molar-refractivity contribution >= 4 is 22.3 Å². The molecule has 4 N–H and O–H groups in total. The molecule has 0 aliphatic rings. The third kappa shape index (κ3) is 2.71. The van der Waals surface area contributed by atoms with Gasteiger partial charge in [0.1, 0.15) is 0 Å². The molecule has 2 rings (SSSR count). The minimum absolute atomic E-state index is 0.149. The Hall–Kier alpha value is -1.81. The van der Waals surface area contributed by atoms with Gasteiger partial charge in [0.05, 0.1) is 5.52 Å². The monoisotopic (exact) mass is 245 g/mol. The first-order valence-electron chi connectivity index (χ1n) is 6.01. The number of hydrogen-bond donors (Lipinski definition) is 3. The SMILES string of the molecule is CC(C)(CO)CNc1ccnc2cc(N)ccc12. The van der Waals surface area contributed by atoms with Crippen molar-refractivity contribution in [3.8, 4) is 0 Å². The number of nitrogens with one attached hydrogen (secondary N) is 1. The number of nitrogens with two attached hydrogens (primary N) is 1. The summed E-state index contributed by atoms with van der Waals surface area (Å²) in [5.74, 6) is 0. The predicted octanol–water partition coefficient (Wildman–Crippen LogP) is 2.25. The largest absolute Gasteiger partial charge is 0.399 e. The molecule has 0 saturated carbocycles. The Labute approximate surface area is 107 Å². The molecular formula is C14H19N3O. The van der Waals surface area contributed by atoms with Gasteiger partial charge in [-0.25, -0.2) is 0 Å². The molecule has 0 bridgehead atoms. The molecular weight excluding hydrogens is 226 g/mol. The molecule has 96 valence electrons. The molecule has 4 nitrogen and oxygen atoms in total. The molecule has 0 aliphatic heterocycles. The van der Waals surface area contributed by atoms with Crippen molar-refractivity contribution in [3.63, 3.8) is 0 Å². The van der Waals surface area contributed by atoms with Crippen molar-refractivity contribution < 1.29 is 5.11 Å². The highest BCUT2D eigenvalue weighted by Crippen LogP contribution is 2.24. The van der Waals surface area contributed by atoms with Gasteiger partial charge >= 0.3 is 0 Å². The molecule has 18 heavy (non-hydrogen) atoms. The highest BCUT2D eigenvalue weighted by Gasteiger charge is 2.16. The van der Waals surface area contributed by atoms with E-state index < -0.39 is 0 Å². The molecule has 0 saturated heterocycles. The second kappa shape index (κ2) is 4.82. The van der Waals surface area contributed by atoms with Crippen LogP contribution in [-0.2, 0) is 0 Å². The van der Waals surface area contributed by atoms with E-state index in [1.165, 1.54) is 0 Å². The lowest BCUT2D eigenvalue weighted by Crippen LogP contribution is -2.26. The fourth-order valence-electron chi connectivity index (χ4n) is 1.71. The topological polar surface area (TPSA) is 71.2 Å². The summed E-state index contributed by atoms with van der Waals surface area (Å²) in [5.41, 5.74) is 8.20. The molecule has 0 amide bonds. The summed E-state index contributed by atoms with van der Waals surface area (Å²) in [6, 6.07) is 7.63. The van der Waals surface area contributed by atoms with Crippen LogP contribution in [0.15, 0.2) is 30.5 Å². The van der Waals surface area contributed by atoms with Crippen molar-refractivity contribution in [2.75, 3.05) is 24.2 Å². The number of aromatic nitrogens is 1. The summed E-state index contributed by atoms with van der Waals surface area (Å²) in [6.07, 6.45) is 1.76. The van der Waals surface area contributed by atoms with Crippen LogP contribution in [0.3, 0.4) is 0 Å². The highest BCUT2D eigenvalue weighted by atomic mass is 16.3. The maximum atomic E-state index is 9.25. The Morgan fingerprint density at radius 2 is 2.11 bits per heavy atom. The van der Waals surface area contributed by atoms with Crippen LogP contribution in [-0.4, -0.2) is 23.2 Å². The molecule has 0 spiro atoms. The van der Waals surface area contributed by atoms with E-state index in [2.05, 4.69) is 10.3 Å². The van der Waals surface area contributed by atoms with Gasteiger partial charge in [-0.05, 0) is 24.3 Å². The maximum absolute atomic E-state index is 9.25. The summed E-state index contributed by atoms with van der Waals surface area (Å²) in [5, 5.41) is 13.7. The summed E-state index contributed by atoms with van der Waals surface area (Å²) >= 11 is 0. The van der Waals surface area contributed by atoms with Crippen LogP contribution >= 0.6 is 0 Å². The van der Waals surface area contributed by atoms with Crippen molar-refractivity contribution in [1.82, 2.24) is 4.98 Å². The zero-order chi connectivity index (χ0) is 13.2. The highest BCUT2D eigenvalue weighted by molar-refractivity contribution is 5.92. The van der Waals surface area contributed by atoms with E-state index in [1.807, 2.05) is 38.1 Å². The van der Waals surface area contributed by atoms with E-state index in [9.17, 15) is 5.11 Å². The lowest BCUT2D eigenvalue weighted by atomic mass is 9.95. The van der Waals surface area contributed by atoms with E-state index in [4.69, 9.17) is 5.73 Å². The summed E-state index contributed by atoms with van der Waals surface area (Å²) in [4.78, 5) is 4.30. The first kappa shape index (κ1) is 12.6. The van der Waals surface area contributed by atoms with Crippen LogP contribution in [0.4, 0.5) is 11.4 Å². The van der Waals surface area contributed by atoms with Gasteiger partial charge in [-0.15, -0.1) is 0 Å². The van der Waals surface area contributed by atoms with E-state index in [-0.39, 0.29) is 12.0 Å². The van der Waals surface area contributed by atoms with E-state index in [1.54, 1.807) is 6.20 Å². The third-order valence-corrected chi connectivity index (χ3v) is 2.95. The lowest BCUT2D eigenvalue weighted by Gasteiger charge is -2.23. The summed E-state index contributed by atoms with van der Waals surface area (Å²) in [7, 11) is 0. The number of pyridine rings is 1. The lowest BCUT2D eigenvalue weighted by molar-refractivity contribution is 0.171. The zero-order valence-electron chi connectivity index (χ0n) is 10.8. The van der Waals surface area contributed by atoms with Crippen molar-refractivity contribution in [1.29, 1.82) is 0 Å². The van der Waals surface area contributed by atoms with E-state index >= 15 is 0 Å². The van der Waals surface area contributed by atoms with Crippen LogP contribution in [0.2, 0.25) is 0 Å². The average Bonchev–Trinajstić information content (AvgIpc) is 2.36. The molecule has 1 heterocycles. The van der Waals surface area contributed by atoms with Crippen LogP contribution in [0.1, 0.15) is 13.8 Å². The molecule has 0 fully saturated rings. The quantitative estimate of drug-likeness (QED) is 0.722. The molecule has 0 aliphatic carbocycles. The fourth-order valence-corrected chi connectivity index (χ4v) is 1.71. The van der Waals surface area contributed by atoms with Gasteiger partial charge in [0, 0.05) is 41.5 Å². The molecule has 0 radical (unpaired) electrons. The van der Waals surface area contributed by atoms with Crippen LogP contribution < -0.4 is 11.1 Å². The number of anilines is 2. The number of nitrogen functional groups attached to an aromatic ring is 1. The van der Waals surface area contributed by atoms with Gasteiger partial charge in [-0.3, -0.25) is 4.98 Å². The van der Waals surface area contributed by atoms with Gasteiger partial charge in [-0.1, -0.05) is 13.8 Å². The molecule has 1 aromatic heterocycles. The van der Waals surface area contributed by atoms with Crippen molar-refractivity contribution in [3.05, 3.63) is 30.5 Å². The zero-order valence-corrected chi connectivity index (χ0v) is 10.8. The normalized spacial score (nSPS) is 11.7. The second-order valence-corrected chi connectivity index (χ2v) is 5.31. The number of benzene rings is 1. The number of fused-ring (bicyclic) bond motifs is 1. The van der Waals surface area contributed by atoms with E-state index in [0.29, 0.717) is 12.2 Å². The second-order valence-electron chi connectivity index (χ2n) is 5.31. The number of aliphatic hydroxyl groups excluding tert-OH is 1. The predicted molar refractivity (Wildman–Crippen MR) is 75.5 cm³/mol. The Morgan fingerprint density at radius 1 is 1.33 bits per heavy atom. The first-order valence-corrected chi connectivity index (χ1v) is 6.01. The van der Waals surface area contributed by atoms with Crippen molar-refractivity contribution in [2.45, 2.75) is 13.8 Å². The minimum atomic E-state index is -0.149. The number of nitrogens with zero attached hydrogens (tertiary/aromatic N) is 1. The van der Waals surface area contributed by atoms with Crippen molar-refractivity contribution in [2.24, 2.45) is 5.41 Å². The Morgan fingerprint density at radius 3 is 2.83 bits per heavy atom. The van der Waals surface area contributed by atoms with Gasteiger partial charge in [0.2, 0.25) is 0 Å². The number of rotatable bonds is 4. The van der Waals surface area contributed by atoms with Crippen LogP contribution in [0.5, 0.6) is 0 Å². The van der Waals surface area contributed by atoms with Gasteiger partial charge < -0.3 is 16.2 Å². The maximum Gasteiger partial charge on any atom is 0.0743 e. The molecule has 2 aromatic rings. The Kier molecular flexibility index (Phi) is 3.39. The molecule has 1 aromatic carbocycles. The molecule has 4 heteroatoms. The molecule has 0 unspecified atom stereocenters. The average molecular weight is 245 g/mol. The standard InChI is InChI=1S/C14H19N3O/c1-14(2,9-18)8-17-12-5-6-16-13-7-10(15)3-4-11(12)13/h3-7,18H,8-9,15H2,1-2H3,(H,16,17). The smallest absolute Gasteiger partial charge is 0.0743 e. The Balaban J connectivity index is 2.29. The fraction of sp³-hybridized carbons (Fsp3) is 0.357. The molecule has 0 atom stereocenters. The van der Waals surface area contributed by atoms with Gasteiger partial charge in [0.25, 0.3) is 0 Å². The number of aliphatic hydroxyl groups is 1. The summed E-state index contributed by atoms with van der Waals surface area (Å²) in [6.45, 7) is 4.88. The van der Waals surface area contributed by atoms with Gasteiger partial charge in [0.15, 0.2) is 0 Å². The van der Waals surface area contributed by atoms with Gasteiger partial charge in [-0.2, -0.15) is 0 Å². The first-order chi connectivity index (χ1) is 8.52.